The molecule has 24 heavy (non-hydrogen) atoms. The van der Waals surface area contributed by atoms with Gasteiger partial charge in [-0.15, -0.1) is 0 Å². The van der Waals surface area contributed by atoms with Gasteiger partial charge in [-0.3, -0.25) is 9.00 Å². The molecule has 1 aromatic carbocycles. The van der Waals surface area contributed by atoms with Gasteiger partial charge in [-0.05, 0) is 31.4 Å². The van der Waals surface area contributed by atoms with Gasteiger partial charge in [0.2, 0.25) is 11.8 Å². The summed E-state index contributed by atoms with van der Waals surface area (Å²) in [6.07, 6.45) is 1.61. The highest BCUT2D eigenvalue weighted by atomic mass is 32.2. The third-order valence-corrected chi connectivity index (χ3v) is 5.27. The zero-order valence-corrected chi connectivity index (χ0v) is 15.1. The lowest BCUT2D eigenvalue weighted by molar-refractivity contribution is -0.120. The number of nitrogens with one attached hydrogen (secondary N) is 1. The van der Waals surface area contributed by atoms with Crippen LogP contribution >= 0.6 is 0 Å². The maximum absolute atomic E-state index is 12.3. The number of carbonyl (C=O) groups is 1. The third kappa shape index (κ3) is 4.99. The molecule has 0 saturated heterocycles. The molecule has 0 spiro atoms. The fraction of sp³-hybridized carbons (Fsp3) is 0.471. The summed E-state index contributed by atoms with van der Waals surface area (Å²) in [6.45, 7) is 6.09. The van der Waals surface area contributed by atoms with Crippen LogP contribution in [0.1, 0.15) is 43.1 Å². The zero-order chi connectivity index (χ0) is 17.5. The molecule has 0 aliphatic carbocycles. The minimum absolute atomic E-state index is 0.117. The molecule has 7 heteroatoms. The SMILES string of the molecule is CCCc1nc(C[S@@](=O)[C@@H](C)C(=O)NCc2ccccc2C)no1. The van der Waals surface area contributed by atoms with Crippen molar-refractivity contribution in [2.75, 3.05) is 0 Å². The largest absolute Gasteiger partial charge is 0.351 e. The fourth-order valence-electron chi connectivity index (χ4n) is 2.17. The lowest BCUT2D eigenvalue weighted by Crippen LogP contribution is -2.35. The lowest BCUT2D eigenvalue weighted by Gasteiger charge is -2.12. The second-order valence-corrected chi connectivity index (χ2v) is 7.42. The second-order valence-electron chi connectivity index (χ2n) is 5.67. The number of amides is 1. The van der Waals surface area contributed by atoms with Crippen LogP contribution in [0.2, 0.25) is 0 Å². The second kappa shape index (κ2) is 8.73. The van der Waals surface area contributed by atoms with E-state index in [2.05, 4.69) is 15.5 Å². The maximum atomic E-state index is 12.3. The summed E-state index contributed by atoms with van der Waals surface area (Å²) in [5, 5.41) is 6.01. The van der Waals surface area contributed by atoms with E-state index in [1.54, 1.807) is 6.92 Å². The maximum Gasteiger partial charge on any atom is 0.235 e. The molecular weight excluding hydrogens is 326 g/mol. The van der Waals surface area contributed by atoms with Crippen molar-refractivity contribution in [1.82, 2.24) is 15.5 Å². The van der Waals surface area contributed by atoms with Gasteiger partial charge in [-0.1, -0.05) is 36.3 Å². The topological polar surface area (TPSA) is 85.1 Å². The number of aryl methyl sites for hydroxylation is 2. The normalized spacial score (nSPS) is 13.5. The monoisotopic (exact) mass is 349 g/mol. The van der Waals surface area contributed by atoms with Crippen LogP contribution in [0.25, 0.3) is 0 Å². The fourth-order valence-corrected chi connectivity index (χ4v) is 3.11. The molecule has 2 aromatic rings. The van der Waals surface area contributed by atoms with Gasteiger partial charge in [0.05, 0.1) is 5.75 Å². The van der Waals surface area contributed by atoms with Crippen molar-refractivity contribution < 1.29 is 13.5 Å². The van der Waals surface area contributed by atoms with Gasteiger partial charge in [-0.25, -0.2) is 0 Å². The number of hydrogen-bond donors (Lipinski definition) is 1. The number of nitrogens with zero attached hydrogens (tertiary/aromatic N) is 2. The van der Waals surface area contributed by atoms with Crippen molar-refractivity contribution >= 4 is 16.7 Å². The summed E-state index contributed by atoms with van der Waals surface area (Å²) in [6, 6.07) is 7.84. The first kappa shape index (κ1) is 18.3. The highest BCUT2D eigenvalue weighted by molar-refractivity contribution is 7.85. The van der Waals surface area contributed by atoms with Crippen molar-refractivity contribution in [3.05, 3.63) is 47.1 Å². The lowest BCUT2D eigenvalue weighted by atomic mass is 10.1. The van der Waals surface area contributed by atoms with Crippen molar-refractivity contribution in [3.63, 3.8) is 0 Å². The van der Waals surface area contributed by atoms with Crippen molar-refractivity contribution in [2.24, 2.45) is 0 Å². The van der Waals surface area contributed by atoms with E-state index in [1.807, 2.05) is 38.1 Å². The van der Waals surface area contributed by atoms with Crippen LogP contribution in [0, 0.1) is 6.92 Å². The Hall–Kier alpha value is -2.02. The summed E-state index contributed by atoms with van der Waals surface area (Å²) in [4.78, 5) is 16.4. The van der Waals surface area contributed by atoms with Gasteiger partial charge in [-0.2, -0.15) is 4.98 Å². The predicted octanol–water partition coefficient (Wildman–Crippen LogP) is 2.28. The Morgan fingerprint density at radius 3 is 2.83 bits per heavy atom. The van der Waals surface area contributed by atoms with E-state index in [4.69, 9.17) is 4.52 Å². The van der Waals surface area contributed by atoms with Gasteiger partial charge >= 0.3 is 0 Å². The average molecular weight is 349 g/mol. The van der Waals surface area contributed by atoms with Crippen LogP contribution in [0.5, 0.6) is 0 Å². The minimum atomic E-state index is -1.40. The van der Waals surface area contributed by atoms with E-state index >= 15 is 0 Å². The number of rotatable bonds is 8. The third-order valence-electron chi connectivity index (χ3n) is 3.72. The van der Waals surface area contributed by atoms with Gasteiger partial charge in [0.25, 0.3) is 0 Å². The predicted molar refractivity (Wildman–Crippen MR) is 92.6 cm³/mol. The van der Waals surface area contributed by atoms with Gasteiger partial charge in [0, 0.05) is 23.8 Å². The molecule has 1 amide bonds. The Balaban J connectivity index is 1.87. The van der Waals surface area contributed by atoms with Gasteiger partial charge < -0.3 is 9.84 Å². The van der Waals surface area contributed by atoms with E-state index in [-0.39, 0.29) is 11.7 Å². The molecule has 1 heterocycles. The summed E-state index contributed by atoms with van der Waals surface area (Å²) in [7, 11) is -1.40. The molecule has 1 aromatic heterocycles. The Bertz CT molecular complexity index is 715. The quantitative estimate of drug-likeness (QED) is 0.790. The minimum Gasteiger partial charge on any atom is -0.351 e. The number of aromatic nitrogens is 2. The summed E-state index contributed by atoms with van der Waals surface area (Å²) >= 11 is 0. The van der Waals surface area contributed by atoms with Crippen LogP contribution in [-0.2, 0) is 34.3 Å². The number of hydrogen-bond acceptors (Lipinski definition) is 5. The summed E-state index contributed by atoms with van der Waals surface area (Å²) in [5.74, 6) is 0.803. The molecule has 1 N–H and O–H groups in total. The summed E-state index contributed by atoms with van der Waals surface area (Å²) in [5.41, 5.74) is 2.16. The first-order valence-electron chi connectivity index (χ1n) is 8.02. The molecule has 2 rings (SSSR count). The summed E-state index contributed by atoms with van der Waals surface area (Å²) < 4.78 is 17.4. The molecule has 0 saturated carbocycles. The van der Waals surface area contributed by atoms with Gasteiger partial charge in [0.1, 0.15) is 5.25 Å². The highest BCUT2D eigenvalue weighted by Crippen LogP contribution is 2.09. The Kier molecular flexibility index (Phi) is 6.66. The van der Waals surface area contributed by atoms with Crippen LogP contribution < -0.4 is 5.32 Å². The molecule has 0 aliphatic rings. The average Bonchev–Trinajstić information content (AvgIpc) is 3.00. The smallest absolute Gasteiger partial charge is 0.235 e. The molecule has 2 atom stereocenters. The number of benzene rings is 1. The van der Waals surface area contributed by atoms with Crippen LogP contribution in [-0.4, -0.2) is 25.5 Å². The van der Waals surface area contributed by atoms with Crippen LogP contribution in [0.4, 0.5) is 0 Å². The molecule has 130 valence electrons. The molecule has 0 unspecified atom stereocenters. The van der Waals surface area contributed by atoms with Crippen molar-refractivity contribution in [1.29, 1.82) is 0 Å². The van der Waals surface area contributed by atoms with Gasteiger partial charge in [0.15, 0.2) is 5.82 Å². The Morgan fingerprint density at radius 1 is 1.38 bits per heavy atom. The standard InChI is InChI=1S/C17H23N3O3S/c1-4-7-16-19-15(20-23-16)11-24(22)13(3)17(21)18-10-14-9-6-5-8-12(14)2/h5-6,8-9,13H,4,7,10-11H2,1-3H3,(H,18,21)/t13-,24+/m0/s1. The van der Waals surface area contributed by atoms with Crippen molar-refractivity contribution in [3.8, 4) is 0 Å². The zero-order valence-electron chi connectivity index (χ0n) is 14.2. The molecule has 0 radical (unpaired) electrons. The Labute approximate surface area is 144 Å². The van der Waals surface area contributed by atoms with E-state index < -0.39 is 16.0 Å². The number of carbonyl (C=O) groups excluding carboxylic acids is 1. The first-order chi connectivity index (χ1) is 11.5. The molecule has 0 bridgehead atoms. The molecule has 0 aliphatic heterocycles. The van der Waals surface area contributed by atoms with E-state index in [0.29, 0.717) is 24.7 Å². The van der Waals surface area contributed by atoms with E-state index in [0.717, 1.165) is 17.5 Å². The van der Waals surface area contributed by atoms with E-state index in [9.17, 15) is 9.00 Å². The molecular formula is C17H23N3O3S. The van der Waals surface area contributed by atoms with Crippen LogP contribution in [0.15, 0.2) is 28.8 Å². The highest BCUT2D eigenvalue weighted by Gasteiger charge is 2.22. The molecule has 6 nitrogen and oxygen atoms in total. The van der Waals surface area contributed by atoms with Crippen molar-refractivity contribution in [2.45, 2.75) is 51.2 Å². The Morgan fingerprint density at radius 2 is 2.12 bits per heavy atom. The van der Waals surface area contributed by atoms with E-state index in [1.165, 1.54) is 0 Å². The first-order valence-corrected chi connectivity index (χ1v) is 9.40. The molecule has 0 fully saturated rings. The van der Waals surface area contributed by atoms with Crippen LogP contribution in [0.3, 0.4) is 0 Å².